The molecule has 11 nitrogen and oxygen atoms in total. The van der Waals surface area contributed by atoms with Crippen molar-refractivity contribution in [1.82, 2.24) is 15.5 Å². The molecule has 29 heavy (non-hydrogen) atoms. The van der Waals surface area contributed by atoms with E-state index in [1.54, 1.807) is 6.26 Å². The van der Waals surface area contributed by atoms with E-state index in [0.29, 0.717) is 18.6 Å². The zero-order valence-corrected chi connectivity index (χ0v) is 17.4. The van der Waals surface area contributed by atoms with Crippen LogP contribution in [0, 0.1) is 0 Å². The Morgan fingerprint density at radius 3 is 2.41 bits per heavy atom. The maximum absolute atomic E-state index is 12.6. The molecule has 0 radical (unpaired) electrons. The molecule has 0 aromatic heterocycles. The van der Waals surface area contributed by atoms with E-state index in [0.717, 1.165) is 0 Å². The zero-order chi connectivity index (χ0) is 22.1. The van der Waals surface area contributed by atoms with Crippen LogP contribution in [0.5, 0.6) is 0 Å². The van der Waals surface area contributed by atoms with Gasteiger partial charge >= 0.3 is 5.97 Å². The average Bonchev–Trinajstić information content (AvgIpc) is 3.17. The molecule has 7 N–H and O–H groups in total. The highest BCUT2D eigenvalue weighted by atomic mass is 32.2. The van der Waals surface area contributed by atoms with Gasteiger partial charge in [0.05, 0.1) is 12.7 Å². The van der Waals surface area contributed by atoms with E-state index >= 15 is 0 Å². The van der Waals surface area contributed by atoms with Crippen LogP contribution >= 0.6 is 11.8 Å². The van der Waals surface area contributed by atoms with Gasteiger partial charge in [0.25, 0.3) is 0 Å². The molecule has 1 saturated heterocycles. The van der Waals surface area contributed by atoms with Gasteiger partial charge in [-0.25, -0.2) is 4.79 Å². The highest BCUT2D eigenvalue weighted by molar-refractivity contribution is 7.98. The number of nitrogens with two attached hydrogens (primary N) is 1. The van der Waals surface area contributed by atoms with Crippen molar-refractivity contribution in [3.05, 3.63) is 0 Å². The van der Waals surface area contributed by atoms with E-state index in [1.165, 1.54) is 23.6 Å². The van der Waals surface area contributed by atoms with Crippen molar-refractivity contribution in [2.75, 3.05) is 25.2 Å². The summed E-state index contributed by atoms with van der Waals surface area (Å²) in [5.41, 5.74) is 5.67. The lowest BCUT2D eigenvalue weighted by Crippen LogP contribution is -2.58. The van der Waals surface area contributed by atoms with Crippen molar-refractivity contribution < 1.29 is 34.5 Å². The maximum Gasteiger partial charge on any atom is 0.326 e. The van der Waals surface area contributed by atoms with Crippen LogP contribution < -0.4 is 16.4 Å². The van der Waals surface area contributed by atoms with Gasteiger partial charge in [0.2, 0.25) is 17.7 Å². The number of thioether (sulfide) groups is 1. The molecule has 5 atom stereocenters. The molecule has 1 aliphatic rings. The number of nitrogens with zero attached hydrogens (tertiary/aromatic N) is 1. The Morgan fingerprint density at radius 2 is 1.90 bits per heavy atom. The predicted molar refractivity (Wildman–Crippen MR) is 106 cm³/mol. The molecule has 1 aliphatic heterocycles. The summed E-state index contributed by atoms with van der Waals surface area (Å²) in [6, 6.07) is -4.56. The van der Waals surface area contributed by atoms with Crippen molar-refractivity contribution in [1.29, 1.82) is 0 Å². The molecule has 0 bridgehead atoms. The normalized spacial score (nSPS) is 20.4. The Kier molecular flexibility index (Phi) is 10.4. The fourth-order valence-corrected chi connectivity index (χ4v) is 3.40. The van der Waals surface area contributed by atoms with Gasteiger partial charge in [-0.1, -0.05) is 0 Å². The number of hydrogen-bond acceptors (Lipinski definition) is 8. The maximum atomic E-state index is 12.6. The van der Waals surface area contributed by atoms with Crippen LogP contribution in [-0.2, 0) is 19.2 Å². The number of carbonyl (C=O) groups is 4. The molecular weight excluding hydrogens is 404 g/mol. The topological polar surface area (TPSA) is 182 Å². The summed E-state index contributed by atoms with van der Waals surface area (Å²) < 4.78 is 0. The Balaban J connectivity index is 2.77. The third-order valence-electron chi connectivity index (χ3n) is 4.68. The van der Waals surface area contributed by atoms with Crippen LogP contribution in [-0.4, -0.2) is 99.3 Å². The molecule has 12 heteroatoms. The van der Waals surface area contributed by atoms with Gasteiger partial charge in [-0.15, -0.1) is 0 Å². The summed E-state index contributed by atoms with van der Waals surface area (Å²) in [6.45, 7) is 0.916. The van der Waals surface area contributed by atoms with Gasteiger partial charge in [0, 0.05) is 6.54 Å². The summed E-state index contributed by atoms with van der Waals surface area (Å²) in [6.07, 6.45) is 1.79. The first-order valence-corrected chi connectivity index (χ1v) is 10.7. The molecule has 1 heterocycles. The first-order chi connectivity index (χ1) is 13.6. The summed E-state index contributed by atoms with van der Waals surface area (Å²) >= 11 is 1.42. The lowest BCUT2D eigenvalue weighted by Gasteiger charge is -2.29. The molecule has 3 amide bonds. The molecule has 1 fully saturated rings. The molecule has 0 spiro atoms. The number of likely N-dealkylation sites (tertiary alicyclic amines) is 1. The van der Waals surface area contributed by atoms with E-state index in [4.69, 9.17) is 5.73 Å². The lowest BCUT2D eigenvalue weighted by atomic mass is 10.1. The molecule has 1 rings (SSSR count). The van der Waals surface area contributed by atoms with Gasteiger partial charge in [-0.3, -0.25) is 14.4 Å². The molecule has 0 aromatic rings. The minimum Gasteiger partial charge on any atom is -0.480 e. The number of rotatable bonds is 11. The van der Waals surface area contributed by atoms with Gasteiger partial charge in [-0.2, -0.15) is 11.8 Å². The first kappa shape index (κ1) is 25.1. The van der Waals surface area contributed by atoms with Crippen molar-refractivity contribution in [3.8, 4) is 0 Å². The highest BCUT2D eigenvalue weighted by Crippen LogP contribution is 2.19. The van der Waals surface area contributed by atoms with Crippen LogP contribution in [0.15, 0.2) is 0 Å². The lowest BCUT2D eigenvalue weighted by molar-refractivity contribution is -0.144. The van der Waals surface area contributed by atoms with Gasteiger partial charge in [-0.05, 0) is 38.2 Å². The monoisotopic (exact) mass is 434 g/mol. The third-order valence-corrected chi connectivity index (χ3v) is 5.33. The van der Waals surface area contributed by atoms with Crippen LogP contribution in [0.4, 0.5) is 0 Å². The van der Waals surface area contributed by atoms with Crippen LogP contribution in [0.3, 0.4) is 0 Å². The number of carboxylic acids is 1. The van der Waals surface area contributed by atoms with E-state index in [1.807, 2.05) is 0 Å². The number of amides is 3. The smallest absolute Gasteiger partial charge is 0.326 e. The Hall–Kier alpha value is -1.89. The Bertz CT molecular complexity index is 604. The molecule has 5 unspecified atom stereocenters. The van der Waals surface area contributed by atoms with Gasteiger partial charge in [0.15, 0.2) is 0 Å². The molecule has 166 valence electrons. The van der Waals surface area contributed by atoms with Crippen LogP contribution in [0.2, 0.25) is 0 Å². The fraction of sp³-hybridized carbons (Fsp3) is 0.765. The third kappa shape index (κ3) is 7.14. The van der Waals surface area contributed by atoms with E-state index < -0.39 is 60.6 Å². The largest absolute Gasteiger partial charge is 0.480 e. The van der Waals surface area contributed by atoms with Crippen molar-refractivity contribution in [2.24, 2.45) is 5.73 Å². The number of hydrogen-bond donors (Lipinski definition) is 6. The number of aliphatic hydroxyl groups is 2. The second kappa shape index (κ2) is 12.0. The summed E-state index contributed by atoms with van der Waals surface area (Å²) in [5, 5.41) is 32.9. The van der Waals surface area contributed by atoms with Crippen LogP contribution in [0.1, 0.15) is 26.2 Å². The van der Waals surface area contributed by atoms with Gasteiger partial charge < -0.3 is 36.6 Å². The number of carboxylic acid groups (broad SMARTS) is 1. The number of nitrogens with one attached hydrogen (secondary N) is 2. The second-order valence-corrected chi connectivity index (χ2v) is 7.87. The zero-order valence-electron chi connectivity index (χ0n) is 16.5. The molecular formula is C17H30N4O7S. The predicted octanol–water partition coefficient (Wildman–Crippen LogP) is -2.51. The van der Waals surface area contributed by atoms with E-state index in [2.05, 4.69) is 10.6 Å². The number of carbonyl (C=O) groups excluding carboxylic acids is 3. The minimum absolute atomic E-state index is 0.191. The summed E-state index contributed by atoms with van der Waals surface area (Å²) in [4.78, 5) is 49.8. The molecule has 0 aromatic carbocycles. The number of aliphatic hydroxyl groups excluding tert-OH is 2. The standard InChI is InChI=1S/C17H30N4O7S/c1-9(23)13(18)16(26)21-6-3-4-12(21)15(25)20-11(8-22)14(24)19-10(17(27)28)5-7-29-2/h9-13,22-23H,3-8,18H2,1-2H3,(H,19,24)(H,20,25)(H,27,28). The molecule has 0 saturated carbocycles. The first-order valence-electron chi connectivity index (χ1n) is 9.31. The van der Waals surface area contributed by atoms with Crippen LogP contribution in [0.25, 0.3) is 0 Å². The van der Waals surface area contributed by atoms with E-state index in [-0.39, 0.29) is 13.0 Å². The van der Waals surface area contributed by atoms with Crippen molar-refractivity contribution >= 4 is 35.5 Å². The quantitative estimate of drug-likeness (QED) is 0.204. The Morgan fingerprint density at radius 1 is 1.24 bits per heavy atom. The molecule has 0 aliphatic carbocycles. The second-order valence-electron chi connectivity index (χ2n) is 6.88. The van der Waals surface area contributed by atoms with Crippen molar-refractivity contribution in [2.45, 2.75) is 56.5 Å². The van der Waals surface area contributed by atoms with Gasteiger partial charge in [0.1, 0.15) is 24.2 Å². The minimum atomic E-state index is -1.36. The summed E-state index contributed by atoms with van der Waals surface area (Å²) in [5.74, 6) is -2.76. The average molecular weight is 435 g/mol. The Labute approximate surface area is 173 Å². The number of aliphatic carboxylic acids is 1. The SMILES string of the molecule is CSCCC(NC(=O)C(CO)NC(=O)C1CCCN1C(=O)C(N)C(C)O)C(=O)O. The summed E-state index contributed by atoms with van der Waals surface area (Å²) in [7, 11) is 0. The van der Waals surface area contributed by atoms with Crippen molar-refractivity contribution in [3.63, 3.8) is 0 Å². The fourth-order valence-electron chi connectivity index (χ4n) is 2.93. The highest BCUT2D eigenvalue weighted by Gasteiger charge is 2.38. The van der Waals surface area contributed by atoms with E-state index in [9.17, 15) is 34.5 Å².